The summed E-state index contributed by atoms with van der Waals surface area (Å²) in [5, 5.41) is 0. The molecule has 3 heteroatoms. The molecule has 0 radical (unpaired) electrons. The van der Waals surface area contributed by atoms with Gasteiger partial charge in [0.15, 0.2) is 0 Å². The van der Waals surface area contributed by atoms with E-state index in [9.17, 15) is 0 Å². The minimum Gasteiger partial charge on any atom is -0.358 e. The second-order valence-electron chi connectivity index (χ2n) is 2.94. The third kappa shape index (κ3) is 11.7. The Hall–Kier alpha value is 0.210. The Kier molecular flexibility index (Phi) is 5.43. The second-order valence-corrected chi connectivity index (χ2v) is 2.94. The van der Waals surface area contributed by atoms with Crippen LogP contribution in [0.4, 0.5) is 0 Å². The number of hydrogen-bond donors (Lipinski definition) is 1. The summed E-state index contributed by atoms with van der Waals surface area (Å²) in [6, 6.07) is 0. The van der Waals surface area contributed by atoms with Crippen LogP contribution in [0.25, 0.3) is 0 Å². The van der Waals surface area contributed by atoms with Gasteiger partial charge in [-0.05, 0) is 27.7 Å². The molecule has 0 spiro atoms. The first-order chi connectivity index (χ1) is 3.42. The molecule has 0 aliphatic carbocycles. The average Bonchev–Trinajstić information content (AvgIpc) is 1.21. The second kappa shape index (κ2) is 4.09. The van der Waals surface area contributed by atoms with Crippen molar-refractivity contribution in [2.75, 3.05) is 0 Å². The summed E-state index contributed by atoms with van der Waals surface area (Å²) in [6.07, 6.45) is -0.157. The van der Waals surface area contributed by atoms with Crippen molar-refractivity contribution >= 4 is 12.4 Å². The van der Waals surface area contributed by atoms with Crippen LogP contribution in [0, 0.1) is 0 Å². The van der Waals surface area contributed by atoms with E-state index >= 15 is 0 Å². The summed E-state index contributed by atoms with van der Waals surface area (Å²) in [7, 11) is 0. The molecule has 0 amide bonds. The number of rotatable bonds is 1. The SMILES string of the molecule is CC(N)OC(C)(C)C.Cl. The summed E-state index contributed by atoms with van der Waals surface area (Å²) < 4.78 is 5.22. The predicted molar refractivity (Wildman–Crippen MR) is 41.7 cm³/mol. The van der Waals surface area contributed by atoms with Gasteiger partial charge in [0, 0.05) is 0 Å². The van der Waals surface area contributed by atoms with Crippen molar-refractivity contribution in [3.8, 4) is 0 Å². The fourth-order valence-corrected chi connectivity index (χ4v) is 0.558. The zero-order valence-electron chi connectivity index (χ0n) is 6.47. The van der Waals surface area contributed by atoms with E-state index in [-0.39, 0.29) is 24.2 Å². The summed E-state index contributed by atoms with van der Waals surface area (Å²) in [5.41, 5.74) is 5.25. The van der Waals surface area contributed by atoms with Crippen LogP contribution in [-0.2, 0) is 4.74 Å². The Bertz CT molecular complexity index is 67.9. The highest BCUT2D eigenvalue weighted by Gasteiger charge is 2.11. The summed E-state index contributed by atoms with van der Waals surface area (Å²) in [5.74, 6) is 0. The first kappa shape index (κ1) is 11.9. The topological polar surface area (TPSA) is 35.2 Å². The molecule has 0 aromatic carbocycles. The molecular formula is C6H16ClNO. The highest BCUT2D eigenvalue weighted by atomic mass is 35.5. The molecule has 0 rings (SSSR count). The van der Waals surface area contributed by atoms with Gasteiger partial charge in [-0.15, -0.1) is 12.4 Å². The van der Waals surface area contributed by atoms with Gasteiger partial charge in [-0.1, -0.05) is 0 Å². The van der Waals surface area contributed by atoms with Crippen LogP contribution in [0.2, 0.25) is 0 Å². The Balaban J connectivity index is 0. The van der Waals surface area contributed by atoms with E-state index < -0.39 is 0 Å². The molecule has 1 atom stereocenters. The lowest BCUT2D eigenvalue weighted by Gasteiger charge is -2.21. The molecule has 0 aliphatic heterocycles. The third-order valence-corrected chi connectivity index (χ3v) is 0.539. The van der Waals surface area contributed by atoms with Crippen molar-refractivity contribution < 1.29 is 4.74 Å². The fraction of sp³-hybridized carbons (Fsp3) is 1.00. The molecule has 0 fully saturated rings. The highest BCUT2D eigenvalue weighted by Crippen LogP contribution is 2.06. The smallest absolute Gasteiger partial charge is 0.103 e. The molecule has 0 saturated heterocycles. The van der Waals surface area contributed by atoms with E-state index in [4.69, 9.17) is 10.5 Å². The maximum Gasteiger partial charge on any atom is 0.103 e. The van der Waals surface area contributed by atoms with E-state index in [1.165, 1.54) is 0 Å². The minimum absolute atomic E-state index is 0. The van der Waals surface area contributed by atoms with Gasteiger partial charge in [-0.2, -0.15) is 0 Å². The number of nitrogens with two attached hydrogens (primary N) is 1. The van der Waals surface area contributed by atoms with Crippen LogP contribution in [0.5, 0.6) is 0 Å². The zero-order valence-corrected chi connectivity index (χ0v) is 7.29. The standard InChI is InChI=1S/C6H15NO.ClH/c1-5(7)8-6(2,3)4;/h5H,7H2,1-4H3;1H. The average molecular weight is 154 g/mol. The molecule has 0 heterocycles. The van der Waals surface area contributed by atoms with Crippen LogP contribution in [0.15, 0.2) is 0 Å². The lowest BCUT2D eigenvalue weighted by molar-refractivity contribution is -0.0479. The van der Waals surface area contributed by atoms with Crippen molar-refractivity contribution in [3.05, 3.63) is 0 Å². The maximum atomic E-state index is 5.36. The van der Waals surface area contributed by atoms with E-state index in [1.54, 1.807) is 0 Å². The first-order valence-electron chi connectivity index (χ1n) is 2.85. The van der Waals surface area contributed by atoms with Gasteiger partial charge in [-0.25, -0.2) is 0 Å². The monoisotopic (exact) mass is 153 g/mol. The number of halogens is 1. The summed E-state index contributed by atoms with van der Waals surface area (Å²) in [4.78, 5) is 0. The number of ether oxygens (including phenoxy) is 1. The Morgan fingerprint density at radius 2 is 1.67 bits per heavy atom. The molecule has 0 aliphatic rings. The first-order valence-corrected chi connectivity index (χ1v) is 2.85. The Morgan fingerprint density at radius 1 is 1.33 bits per heavy atom. The summed E-state index contributed by atoms with van der Waals surface area (Å²) >= 11 is 0. The summed E-state index contributed by atoms with van der Waals surface area (Å²) in [6.45, 7) is 7.77. The van der Waals surface area contributed by atoms with Gasteiger partial charge in [-0.3, -0.25) is 0 Å². The van der Waals surface area contributed by atoms with Gasteiger partial charge < -0.3 is 10.5 Å². The minimum atomic E-state index is -0.157. The molecule has 0 aromatic heterocycles. The molecule has 9 heavy (non-hydrogen) atoms. The van der Waals surface area contributed by atoms with Crippen molar-refractivity contribution in [2.24, 2.45) is 5.73 Å². The molecular weight excluding hydrogens is 138 g/mol. The maximum absolute atomic E-state index is 5.36. The molecule has 1 unspecified atom stereocenters. The molecule has 0 saturated carbocycles. The van der Waals surface area contributed by atoms with Gasteiger partial charge in [0.05, 0.1) is 5.60 Å². The van der Waals surface area contributed by atoms with Crippen LogP contribution in [-0.4, -0.2) is 11.8 Å². The highest BCUT2D eigenvalue weighted by molar-refractivity contribution is 5.85. The molecule has 0 bridgehead atoms. The van der Waals surface area contributed by atoms with Gasteiger partial charge >= 0.3 is 0 Å². The molecule has 2 N–H and O–H groups in total. The quantitative estimate of drug-likeness (QED) is 0.580. The molecule has 2 nitrogen and oxygen atoms in total. The molecule has 58 valence electrons. The van der Waals surface area contributed by atoms with Crippen LogP contribution in [0.1, 0.15) is 27.7 Å². The van der Waals surface area contributed by atoms with E-state index in [1.807, 2.05) is 27.7 Å². The van der Waals surface area contributed by atoms with Crippen LogP contribution in [0.3, 0.4) is 0 Å². The lowest BCUT2D eigenvalue weighted by atomic mass is 10.2. The van der Waals surface area contributed by atoms with Crippen molar-refractivity contribution in [3.63, 3.8) is 0 Å². The van der Waals surface area contributed by atoms with Crippen molar-refractivity contribution in [1.82, 2.24) is 0 Å². The van der Waals surface area contributed by atoms with Crippen molar-refractivity contribution in [1.29, 1.82) is 0 Å². The predicted octanol–water partition coefficient (Wildman–Crippen LogP) is 1.53. The van der Waals surface area contributed by atoms with E-state index in [0.29, 0.717) is 0 Å². The van der Waals surface area contributed by atoms with Gasteiger partial charge in [0.2, 0.25) is 0 Å². The van der Waals surface area contributed by atoms with E-state index in [2.05, 4.69) is 0 Å². The van der Waals surface area contributed by atoms with E-state index in [0.717, 1.165) is 0 Å². The van der Waals surface area contributed by atoms with Crippen molar-refractivity contribution in [2.45, 2.75) is 39.5 Å². The Morgan fingerprint density at radius 3 is 1.67 bits per heavy atom. The lowest BCUT2D eigenvalue weighted by Crippen LogP contribution is -2.30. The third-order valence-electron chi connectivity index (χ3n) is 0.539. The number of hydrogen-bond acceptors (Lipinski definition) is 2. The largest absolute Gasteiger partial charge is 0.358 e. The molecule has 0 aromatic rings. The zero-order chi connectivity index (χ0) is 6.78. The fourth-order valence-electron chi connectivity index (χ4n) is 0.558. The van der Waals surface area contributed by atoms with Crippen LogP contribution >= 0.6 is 12.4 Å². The Labute approximate surface area is 63.2 Å². The normalized spacial score (nSPS) is 14.3. The van der Waals surface area contributed by atoms with Gasteiger partial charge in [0.25, 0.3) is 0 Å². The van der Waals surface area contributed by atoms with Gasteiger partial charge in [0.1, 0.15) is 6.23 Å². The van der Waals surface area contributed by atoms with Crippen LogP contribution < -0.4 is 5.73 Å².